The van der Waals surface area contributed by atoms with Crippen LogP contribution in [-0.4, -0.2) is 34.4 Å². The van der Waals surface area contributed by atoms with Gasteiger partial charge in [0.25, 0.3) is 5.56 Å². The number of nitrogens with zero attached hydrogens (tertiary/aromatic N) is 3. The topological polar surface area (TPSA) is 64.4 Å². The molecule has 37 heavy (non-hydrogen) atoms. The number of thiophene rings is 1. The number of para-hydroxylation sites is 1. The number of hydrogen-bond donors (Lipinski definition) is 0. The van der Waals surface area contributed by atoms with Gasteiger partial charge in [-0.05, 0) is 68.4 Å². The van der Waals surface area contributed by atoms with Crippen molar-refractivity contribution in [1.82, 2.24) is 9.55 Å². The first-order chi connectivity index (χ1) is 18.0. The third kappa shape index (κ3) is 4.36. The van der Waals surface area contributed by atoms with Gasteiger partial charge in [-0.3, -0.25) is 14.2 Å². The number of amides is 1. The third-order valence-electron chi connectivity index (χ3n) is 7.32. The van der Waals surface area contributed by atoms with E-state index in [1.54, 1.807) is 23.0 Å². The normalized spacial score (nSPS) is 16.9. The summed E-state index contributed by atoms with van der Waals surface area (Å²) in [5, 5.41) is 1.28. The molecule has 0 saturated carbocycles. The maximum absolute atomic E-state index is 14.1. The van der Waals surface area contributed by atoms with Crippen LogP contribution in [0.15, 0.2) is 58.5 Å². The molecule has 0 N–H and O–H groups in total. The lowest BCUT2D eigenvalue weighted by atomic mass is 10.1. The predicted octanol–water partition coefficient (Wildman–Crippen LogP) is 5.79. The predicted molar refractivity (Wildman–Crippen MR) is 151 cm³/mol. The monoisotopic (exact) mass is 531 g/mol. The summed E-state index contributed by atoms with van der Waals surface area (Å²) in [4.78, 5) is 36.5. The zero-order valence-corrected chi connectivity index (χ0v) is 22.7. The van der Waals surface area contributed by atoms with Crippen LogP contribution in [0.3, 0.4) is 0 Å². The maximum atomic E-state index is 14.1. The standard InChI is InChI=1S/C29H29N3O3S2/c1-18-15-19-9-6-7-13-23(19)31(18)25(33)17-36-29-30-27-26(22-12-4-3-5-14-24(22)37-27)28(34)32(29)20-10-8-11-21(16-20)35-2/h6-11,13,16,18H,3-5,12,14-15,17H2,1-2H3/t18-/m1/s1. The van der Waals surface area contributed by atoms with Gasteiger partial charge in [-0.25, -0.2) is 4.98 Å². The molecule has 0 spiro atoms. The van der Waals surface area contributed by atoms with Gasteiger partial charge >= 0.3 is 0 Å². The van der Waals surface area contributed by atoms with E-state index in [0.29, 0.717) is 16.6 Å². The highest BCUT2D eigenvalue weighted by molar-refractivity contribution is 7.99. The number of benzene rings is 2. The van der Waals surface area contributed by atoms with Crippen molar-refractivity contribution in [1.29, 1.82) is 0 Å². The molecule has 6 nitrogen and oxygen atoms in total. The van der Waals surface area contributed by atoms with E-state index in [4.69, 9.17) is 9.72 Å². The van der Waals surface area contributed by atoms with E-state index in [1.165, 1.54) is 34.2 Å². The SMILES string of the molecule is COc1cccc(-n2c(SCC(=O)N3c4ccccc4C[C@H]3C)nc3sc4c(c3c2=O)CCCCC4)c1. The van der Waals surface area contributed by atoms with Crippen molar-refractivity contribution in [3.63, 3.8) is 0 Å². The molecule has 0 fully saturated rings. The summed E-state index contributed by atoms with van der Waals surface area (Å²) in [6, 6.07) is 15.7. The number of thioether (sulfide) groups is 1. The molecule has 1 aliphatic carbocycles. The van der Waals surface area contributed by atoms with Crippen LogP contribution in [0.2, 0.25) is 0 Å². The van der Waals surface area contributed by atoms with Gasteiger partial charge < -0.3 is 9.64 Å². The number of ether oxygens (including phenoxy) is 1. The lowest BCUT2D eigenvalue weighted by Gasteiger charge is -2.22. The van der Waals surface area contributed by atoms with Crippen LogP contribution in [0.5, 0.6) is 5.75 Å². The Kier molecular flexibility index (Phi) is 6.55. The van der Waals surface area contributed by atoms with Crippen LogP contribution in [0, 0.1) is 0 Å². The van der Waals surface area contributed by atoms with Gasteiger partial charge in [0.15, 0.2) is 5.16 Å². The fraction of sp³-hybridized carbons (Fsp3) is 0.345. The van der Waals surface area contributed by atoms with Crippen molar-refractivity contribution in [3.05, 3.63) is 74.9 Å². The maximum Gasteiger partial charge on any atom is 0.267 e. The molecule has 1 atom stereocenters. The summed E-state index contributed by atoms with van der Waals surface area (Å²) in [7, 11) is 1.62. The van der Waals surface area contributed by atoms with E-state index in [0.717, 1.165) is 48.0 Å². The Morgan fingerprint density at radius 3 is 2.84 bits per heavy atom. The fourth-order valence-corrected chi connectivity index (χ4v) is 7.75. The molecule has 8 heteroatoms. The lowest BCUT2D eigenvalue weighted by molar-refractivity contribution is -0.116. The molecule has 2 aliphatic rings. The van der Waals surface area contributed by atoms with Crippen LogP contribution in [0.1, 0.15) is 42.2 Å². The molecule has 1 aliphatic heterocycles. The van der Waals surface area contributed by atoms with Crippen LogP contribution in [0.25, 0.3) is 15.9 Å². The van der Waals surface area contributed by atoms with E-state index in [1.807, 2.05) is 47.4 Å². The summed E-state index contributed by atoms with van der Waals surface area (Å²) in [5.41, 5.74) is 3.98. The summed E-state index contributed by atoms with van der Waals surface area (Å²) in [5.74, 6) is 0.894. The van der Waals surface area contributed by atoms with E-state index < -0.39 is 0 Å². The first-order valence-electron chi connectivity index (χ1n) is 12.8. The lowest BCUT2D eigenvalue weighted by Crippen LogP contribution is -2.37. The molecular weight excluding hydrogens is 502 g/mol. The first-order valence-corrected chi connectivity index (χ1v) is 14.6. The smallest absolute Gasteiger partial charge is 0.267 e. The number of aryl methyl sites for hydroxylation is 2. The van der Waals surface area contributed by atoms with Crippen molar-refractivity contribution < 1.29 is 9.53 Å². The fourth-order valence-electron chi connectivity index (χ4n) is 5.58. The average molecular weight is 532 g/mol. The van der Waals surface area contributed by atoms with E-state index in [-0.39, 0.29) is 23.3 Å². The average Bonchev–Trinajstić information content (AvgIpc) is 3.34. The number of rotatable bonds is 5. The number of aromatic nitrogens is 2. The van der Waals surface area contributed by atoms with E-state index in [9.17, 15) is 9.59 Å². The summed E-state index contributed by atoms with van der Waals surface area (Å²) in [6.45, 7) is 2.08. The number of hydrogen-bond acceptors (Lipinski definition) is 6. The highest BCUT2D eigenvalue weighted by Gasteiger charge is 2.31. The summed E-state index contributed by atoms with van der Waals surface area (Å²) < 4.78 is 7.11. The Balaban J connectivity index is 1.42. The Morgan fingerprint density at radius 2 is 1.97 bits per heavy atom. The number of carbonyl (C=O) groups excluding carboxylic acids is 1. The largest absolute Gasteiger partial charge is 0.497 e. The highest BCUT2D eigenvalue weighted by Crippen LogP contribution is 2.36. The Hall–Kier alpha value is -3.10. The molecule has 3 heterocycles. The number of carbonyl (C=O) groups is 1. The Labute approximate surface area is 224 Å². The van der Waals surface area contributed by atoms with Crippen molar-refractivity contribution in [3.8, 4) is 11.4 Å². The van der Waals surface area contributed by atoms with Crippen molar-refractivity contribution in [2.45, 2.75) is 56.6 Å². The van der Waals surface area contributed by atoms with Gasteiger partial charge in [0.2, 0.25) is 5.91 Å². The molecule has 0 saturated heterocycles. The second kappa shape index (κ2) is 9.99. The minimum Gasteiger partial charge on any atom is -0.497 e. The van der Waals surface area contributed by atoms with E-state index >= 15 is 0 Å². The van der Waals surface area contributed by atoms with Crippen LogP contribution >= 0.6 is 23.1 Å². The minimum absolute atomic E-state index is 0.0240. The molecule has 0 unspecified atom stereocenters. The summed E-state index contributed by atoms with van der Waals surface area (Å²) in [6.07, 6.45) is 6.21. The highest BCUT2D eigenvalue weighted by atomic mass is 32.2. The van der Waals surface area contributed by atoms with Crippen molar-refractivity contribution >= 4 is 44.9 Å². The quantitative estimate of drug-likeness (QED) is 0.185. The van der Waals surface area contributed by atoms with Gasteiger partial charge in [-0.15, -0.1) is 11.3 Å². The number of anilines is 1. The van der Waals surface area contributed by atoms with E-state index in [2.05, 4.69) is 13.0 Å². The van der Waals surface area contributed by atoms with Crippen LogP contribution < -0.4 is 15.2 Å². The molecule has 1 amide bonds. The second-order valence-corrected chi connectivity index (χ2v) is 11.7. The molecule has 2 aromatic heterocycles. The molecule has 0 bridgehead atoms. The first kappa shape index (κ1) is 24.2. The number of methoxy groups -OCH3 is 1. The molecule has 6 rings (SSSR count). The summed E-state index contributed by atoms with van der Waals surface area (Å²) >= 11 is 2.98. The molecule has 4 aromatic rings. The Morgan fingerprint density at radius 1 is 1.14 bits per heavy atom. The Bertz CT molecular complexity index is 1560. The molecular formula is C29H29N3O3S2. The van der Waals surface area contributed by atoms with Crippen LogP contribution in [0.4, 0.5) is 5.69 Å². The van der Waals surface area contributed by atoms with Crippen LogP contribution in [-0.2, 0) is 24.1 Å². The number of fused-ring (bicyclic) bond motifs is 4. The van der Waals surface area contributed by atoms with Crippen molar-refractivity contribution in [2.75, 3.05) is 17.8 Å². The minimum atomic E-state index is -0.0625. The van der Waals surface area contributed by atoms with Gasteiger partial charge in [-0.1, -0.05) is 42.4 Å². The van der Waals surface area contributed by atoms with Gasteiger partial charge in [0, 0.05) is 22.7 Å². The van der Waals surface area contributed by atoms with Crippen molar-refractivity contribution in [2.24, 2.45) is 0 Å². The third-order valence-corrected chi connectivity index (χ3v) is 9.43. The van der Waals surface area contributed by atoms with Gasteiger partial charge in [0.1, 0.15) is 10.6 Å². The molecule has 190 valence electrons. The van der Waals surface area contributed by atoms with Gasteiger partial charge in [-0.2, -0.15) is 0 Å². The molecule has 2 aromatic carbocycles. The van der Waals surface area contributed by atoms with Gasteiger partial charge in [0.05, 0.1) is 23.9 Å². The zero-order valence-electron chi connectivity index (χ0n) is 21.0. The zero-order chi connectivity index (χ0) is 25.5. The molecule has 0 radical (unpaired) electrons. The second-order valence-electron chi connectivity index (χ2n) is 9.72.